The lowest BCUT2D eigenvalue weighted by Gasteiger charge is -2.04. The van der Waals surface area contributed by atoms with E-state index in [0.717, 1.165) is 36.6 Å². The van der Waals surface area contributed by atoms with Gasteiger partial charge in [-0.1, -0.05) is 11.6 Å². The van der Waals surface area contributed by atoms with Gasteiger partial charge in [0.25, 0.3) is 0 Å². The second-order valence-corrected chi connectivity index (χ2v) is 4.62. The summed E-state index contributed by atoms with van der Waals surface area (Å²) >= 11 is 6.15. The van der Waals surface area contributed by atoms with Gasteiger partial charge in [0, 0.05) is 39.2 Å². The van der Waals surface area contributed by atoms with E-state index in [9.17, 15) is 0 Å². The van der Waals surface area contributed by atoms with Crippen LogP contribution in [0, 0.1) is 6.92 Å². The molecule has 0 aliphatic carbocycles. The first kappa shape index (κ1) is 13.0. The molecule has 18 heavy (non-hydrogen) atoms. The van der Waals surface area contributed by atoms with Crippen LogP contribution in [0.5, 0.6) is 0 Å². The van der Waals surface area contributed by atoms with E-state index in [-0.39, 0.29) is 0 Å². The molecule has 0 aliphatic heterocycles. The first-order valence-electron chi connectivity index (χ1n) is 5.81. The van der Waals surface area contributed by atoms with E-state index in [1.807, 2.05) is 25.6 Å². The van der Waals surface area contributed by atoms with Gasteiger partial charge in [0.05, 0.1) is 5.69 Å². The van der Waals surface area contributed by atoms with Gasteiger partial charge in [0.1, 0.15) is 17.3 Å². The van der Waals surface area contributed by atoms with Crippen LogP contribution in [0.15, 0.2) is 6.33 Å². The molecule has 6 nitrogen and oxygen atoms in total. The second kappa shape index (κ2) is 5.49. The Kier molecular flexibility index (Phi) is 3.98. The summed E-state index contributed by atoms with van der Waals surface area (Å²) in [6, 6.07) is 0. The molecule has 0 amide bonds. The molecule has 98 valence electrons. The highest BCUT2D eigenvalue weighted by molar-refractivity contribution is 6.30. The van der Waals surface area contributed by atoms with Gasteiger partial charge < -0.3 is 9.88 Å². The smallest absolute Gasteiger partial charge is 0.133 e. The van der Waals surface area contributed by atoms with E-state index < -0.39 is 0 Å². The third kappa shape index (κ3) is 2.70. The number of rotatable bonds is 5. The van der Waals surface area contributed by atoms with Crippen LogP contribution in [0.2, 0.25) is 5.15 Å². The maximum Gasteiger partial charge on any atom is 0.133 e. The van der Waals surface area contributed by atoms with Gasteiger partial charge in [-0.25, -0.2) is 0 Å². The summed E-state index contributed by atoms with van der Waals surface area (Å²) in [4.78, 5) is 0. The number of nitrogens with zero attached hydrogens (tertiary/aromatic N) is 5. The zero-order valence-corrected chi connectivity index (χ0v) is 11.6. The Labute approximate surface area is 111 Å². The minimum Gasteiger partial charge on any atom is -0.321 e. The van der Waals surface area contributed by atoms with E-state index in [1.54, 1.807) is 11.0 Å². The topological polar surface area (TPSA) is 60.6 Å². The summed E-state index contributed by atoms with van der Waals surface area (Å²) in [5, 5.41) is 16.2. The van der Waals surface area contributed by atoms with E-state index >= 15 is 0 Å². The van der Waals surface area contributed by atoms with E-state index in [2.05, 4.69) is 20.6 Å². The molecule has 0 atom stereocenters. The molecule has 0 aromatic carbocycles. The van der Waals surface area contributed by atoms with Crippen LogP contribution in [-0.4, -0.2) is 31.1 Å². The SMILES string of the molecule is Cc1nn(C)c(Cl)c1CNCCc1nncn1C. The van der Waals surface area contributed by atoms with E-state index in [0.29, 0.717) is 5.15 Å². The van der Waals surface area contributed by atoms with Crippen molar-refractivity contribution in [3.05, 3.63) is 28.6 Å². The molecule has 1 N–H and O–H groups in total. The standard InChI is InChI=1S/C11H17ClN6/c1-8-9(11(12)18(3)16-8)6-13-5-4-10-15-14-7-17(10)2/h7,13H,4-6H2,1-3H3. The van der Waals surface area contributed by atoms with Crippen molar-refractivity contribution in [2.75, 3.05) is 6.54 Å². The highest BCUT2D eigenvalue weighted by Crippen LogP contribution is 2.17. The predicted octanol–water partition coefficient (Wildman–Crippen LogP) is 0.843. The lowest BCUT2D eigenvalue weighted by molar-refractivity contribution is 0.652. The van der Waals surface area contributed by atoms with E-state index in [4.69, 9.17) is 11.6 Å². The summed E-state index contributed by atoms with van der Waals surface area (Å²) in [5.74, 6) is 0.969. The molecule has 0 saturated carbocycles. The maximum atomic E-state index is 6.15. The molecule has 0 radical (unpaired) electrons. The number of hydrogen-bond acceptors (Lipinski definition) is 4. The lowest BCUT2D eigenvalue weighted by Crippen LogP contribution is -2.18. The molecule has 2 aromatic heterocycles. The Bertz CT molecular complexity index is 530. The van der Waals surface area contributed by atoms with Crippen LogP contribution >= 0.6 is 11.6 Å². The van der Waals surface area contributed by atoms with Gasteiger partial charge in [-0.3, -0.25) is 4.68 Å². The molecule has 0 aliphatic rings. The van der Waals surface area contributed by atoms with E-state index in [1.165, 1.54) is 0 Å². The molecular formula is C11H17ClN6. The molecular weight excluding hydrogens is 252 g/mol. The number of hydrogen-bond donors (Lipinski definition) is 1. The van der Waals surface area contributed by atoms with Crippen LogP contribution in [0.4, 0.5) is 0 Å². The Morgan fingerprint density at radius 2 is 2.17 bits per heavy atom. The molecule has 0 saturated heterocycles. The molecule has 2 heterocycles. The normalized spacial score (nSPS) is 11.1. The fraction of sp³-hybridized carbons (Fsp3) is 0.545. The van der Waals surface area contributed by atoms with Crippen molar-refractivity contribution in [2.45, 2.75) is 19.9 Å². The zero-order valence-electron chi connectivity index (χ0n) is 10.8. The highest BCUT2D eigenvalue weighted by Gasteiger charge is 2.10. The molecule has 7 heteroatoms. The first-order valence-corrected chi connectivity index (χ1v) is 6.19. The van der Waals surface area contributed by atoms with Gasteiger partial charge in [0.2, 0.25) is 0 Å². The number of aromatic nitrogens is 5. The van der Waals surface area contributed by atoms with Crippen molar-refractivity contribution < 1.29 is 0 Å². The Balaban J connectivity index is 1.84. The maximum absolute atomic E-state index is 6.15. The van der Waals surface area contributed by atoms with Crippen LogP contribution in [0.3, 0.4) is 0 Å². The van der Waals surface area contributed by atoms with Gasteiger partial charge in [0.15, 0.2) is 0 Å². The number of nitrogens with one attached hydrogen (secondary N) is 1. The number of halogens is 1. The summed E-state index contributed by atoms with van der Waals surface area (Å²) in [6.45, 7) is 3.51. The van der Waals surface area contributed by atoms with Gasteiger partial charge in [-0.15, -0.1) is 10.2 Å². The van der Waals surface area contributed by atoms with Crippen molar-refractivity contribution in [3.63, 3.8) is 0 Å². The fourth-order valence-electron chi connectivity index (χ4n) is 1.82. The minimum absolute atomic E-state index is 0.693. The zero-order chi connectivity index (χ0) is 13.1. The summed E-state index contributed by atoms with van der Waals surface area (Å²) in [6.07, 6.45) is 2.55. The van der Waals surface area contributed by atoms with Crippen LogP contribution in [0.1, 0.15) is 17.1 Å². The average molecular weight is 269 g/mol. The number of aryl methyl sites for hydroxylation is 3. The van der Waals surface area contributed by atoms with Crippen molar-refractivity contribution >= 4 is 11.6 Å². The minimum atomic E-state index is 0.693. The van der Waals surface area contributed by atoms with Gasteiger partial charge >= 0.3 is 0 Å². The summed E-state index contributed by atoms with van der Waals surface area (Å²) < 4.78 is 3.61. The summed E-state index contributed by atoms with van der Waals surface area (Å²) in [7, 11) is 3.79. The molecule has 0 bridgehead atoms. The van der Waals surface area contributed by atoms with Crippen molar-refractivity contribution in [1.82, 2.24) is 29.9 Å². The average Bonchev–Trinajstić information content (AvgIpc) is 2.83. The quantitative estimate of drug-likeness (QED) is 0.817. The first-order chi connectivity index (χ1) is 8.59. The Morgan fingerprint density at radius 3 is 2.72 bits per heavy atom. The Morgan fingerprint density at radius 1 is 1.39 bits per heavy atom. The third-order valence-electron chi connectivity index (χ3n) is 2.90. The van der Waals surface area contributed by atoms with Crippen molar-refractivity contribution in [2.24, 2.45) is 14.1 Å². The second-order valence-electron chi connectivity index (χ2n) is 4.26. The molecule has 0 unspecified atom stereocenters. The van der Waals surface area contributed by atoms with Crippen LogP contribution < -0.4 is 5.32 Å². The van der Waals surface area contributed by atoms with Crippen LogP contribution in [-0.2, 0) is 27.1 Å². The largest absolute Gasteiger partial charge is 0.321 e. The van der Waals surface area contributed by atoms with Gasteiger partial charge in [-0.2, -0.15) is 5.10 Å². The van der Waals surface area contributed by atoms with Crippen molar-refractivity contribution in [3.8, 4) is 0 Å². The predicted molar refractivity (Wildman–Crippen MR) is 69.4 cm³/mol. The van der Waals surface area contributed by atoms with Crippen LogP contribution in [0.25, 0.3) is 0 Å². The van der Waals surface area contributed by atoms with Gasteiger partial charge in [-0.05, 0) is 6.92 Å². The molecule has 0 spiro atoms. The monoisotopic (exact) mass is 268 g/mol. The molecule has 2 rings (SSSR count). The Hall–Kier alpha value is -1.40. The summed E-state index contributed by atoms with van der Waals surface area (Å²) in [5.41, 5.74) is 2.02. The molecule has 2 aromatic rings. The third-order valence-corrected chi connectivity index (χ3v) is 3.37. The lowest BCUT2D eigenvalue weighted by atomic mass is 10.2. The fourth-order valence-corrected chi connectivity index (χ4v) is 2.06. The highest BCUT2D eigenvalue weighted by atomic mass is 35.5. The molecule has 0 fully saturated rings. The van der Waals surface area contributed by atoms with Crippen molar-refractivity contribution in [1.29, 1.82) is 0 Å².